The summed E-state index contributed by atoms with van der Waals surface area (Å²) in [5.74, 6) is -0.0259. The standard InChI is InChI=1S/C20H32N2O8P2/c1-6-26-18-14-12-11-13-16(18)19(23)17-15-20(22-21-17,31(24,27-7-2)28-8-3)32(25,29-9-4)30-10-5/h11-14,17H,6-10,15H2,1-5H3. The molecule has 1 aliphatic heterocycles. The minimum Gasteiger partial charge on any atom is -0.493 e. The van der Waals surface area contributed by atoms with Crippen LogP contribution >= 0.6 is 15.2 Å². The number of carbonyl (C=O) groups excluding carboxylic acids is 1. The molecule has 0 N–H and O–H groups in total. The van der Waals surface area contributed by atoms with Crippen LogP contribution in [0.4, 0.5) is 0 Å². The molecule has 1 aliphatic rings. The molecule has 0 aromatic heterocycles. The Morgan fingerprint density at radius 3 is 1.88 bits per heavy atom. The van der Waals surface area contributed by atoms with Gasteiger partial charge in [-0.1, -0.05) is 12.1 Å². The number of ketones is 1. The molecule has 0 fully saturated rings. The molecular weight excluding hydrogens is 458 g/mol. The molecule has 0 spiro atoms. The van der Waals surface area contributed by atoms with Crippen molar-refractivity contribution in [2.45, 2.75) is 52.1 Å². The average molecular weight is 490 g/mol. The first-order valence-corrected chi connectivity index (χ1v) is 13.8. The fourth-order valence-corrected chi connectivity index (χ4v) is 8.77. The number of hydrogen-bond acceptors (Lipinski definition) is 10. The van der Waals surface area contributed by atoms with E-state index in [0.717, 1.165) is 0 Å². The van der Waals surface area contributed by atoms with Gasteiger partial charge in [-0.15, -0.1) is 0 Å². The topological polar surface area (TPSA) is 122 Å². The smallest absolute Gasteiger partial charge is 0.372 e. The Morgan fingerprint density at radius 2 is 1.41 bits per heavy atom. The van der Waals surface area contributed by atoms with Crippen LogP contribution in [0.25, 0.3) is 0 Å². The normalized spacial score (nSPS) is 18.1. The van der Waals surface area contributed by atoms with Crippen LogP contribution in [0.1, 0.15) is 51.4 Å². The number of benzene rings is 1. The van der Waals surface area contributed by atoms with Gasteiger partial charge in [0.05, 0.1) is 38.6 Å². The quantitative estimate of drug-likeness (QED) is 0.241. The average Bonchev–Trinajstić information content (AvgIpc) is 3.23. The highest BCUT2D eigenvalue weighted by atomic mass is 31.2. The minimum absolute atomic E-state index is 0.00140. The molecule has 0 saturated carbocycles. The molecule has 10 nitrogen and oxygen atoms in total. The molecule has 0 radical (unpaired) electrons. The molecule has 0 amide bonds. The molecule has 0 bridgehead atoms. The molecule has 12 heteroatoms. The van der Waals surface area contributed by atoms with Gasteiger partial charge in [-0.2, -0.15) is 10.2 Å². The van der Waals surface area contributed by atoms with Crippen molar-refractivity contribution in [3.63, 3.8) is 0 Å². The van der Waals surface area contributed by atoms with Gasteiger partial charge in [0.25, 0.3) is 5.02 Å². The number of carbonyl (C=O) groups is 1. The molecule has 0 aliphatic carbocycles. The van der Waals surface area contributed by atoms with Crippen LogP contribution < -0.4 is 4.74 Å². The predicted octanol–water partition coefficient (Wildman–Crippen LogP) is 5.68. The van der Waals surface area contributed by atoms with Gasteiger partial charge in [0.2, 0.25) is 0 Å². The summed E-state index contributed by atoms with van der Waals surface area (Å²) in [5.41, 5.74) is 0.291. The zero-order chi connectivity index (χ0) is 23.8. The maximum absolute atomic E-state index is 13.9. The molecule has 1 aromatic rings. The van der Waals surface area contributed by atoms with E-state index >= 15 is 0 Å². The van der Waals surface area contributed by atoms with Gasteiger partial charge >= 0.3 is 15.2 Å². The lowest BCUT2D eigenvalue weighted by molar-refractivity contribution is 0.0956. The van der Waals surface area contributed by atoms with Crippen LogP contribution in [0.3, 0.4) is 0 Å². The molecule has 32 heavy (non-hydrogen) atoms. The summed E-state index contributed by atoms with van der Waals surface area (Å²) < 4.78 is 55.5. The van der Waals surface area contributed by atoms with Crippen molar-refractivity contribution in [2.75, 3.05) is 33.0 Å². The number of azo groups is 1. The molecule has 1 atom stereocenters. The van der Waals surface area contributed by atoms with Crippen LogP contribution in [0, 0.1) is 0 Å². The number of nitrogens with zero attached hydrogens (tertiary/aromatic N) is 2. The van der Waals surface area contributed by atoms with Gasteiger partial charge in [0.1, 0.15) is 11.8 Å². The van der Waals surface area contributed by atoms with Crippen LogP contribution in [-0.4, -0.2) is 49.9 Å². The van der Waals surface area contributed by atoms with Crippen LogP contribution in [0.15, 0.2) is 34.5 Å². The summed E-state index contributed by atoms with van der Waals surface area (Å²) in [4.78, 5) is 13.3. The van der Waals surface area contributed by atoms with Crippen LogP contribution in [0.5, 0.6) is 5.75 Å². The number of rotatable bonds is 14. The third kappa shape index (κ3) is 5.06. The third-order valence-corrected chi connectivity index (χ3v) is 10.8. The lowest BCUT2D eigenvalue weighted by atomic mass is 10.0. The summed E-state index contributed by atoms with van der Waals surface area (Å²) in [6.45, 7) is 8.67. The van der Waals surface area contributed by atoms with Gasteiger partial charge < -0.3 is 22.8 Å². The predicted molar refractivity (Wildman–Crippen MR) is 120 cm³/mol. The zero-order valence-electron chi connectivity index (χ0n) is 19.2. The second-order valence-electron chi connectivity index (χ2n) is 6.67. The Hall–Kier alpha value is -1.41. The van der Waals surface area contributed by atoms with Gasteiger partial charge in [0, 0.05) is 6.42 Å². The molecule has 0 saturated heterocycles. The highest BCUT2D eigenvalue weighted by Gasteiger charge is 2.69. The monoisotopic (exact) mass is 490 g/mol. The second-order valence-corrected chi connectivity index (χ2v) is 11.5. The second kappa shape index (κ2) is 11.6. The summed E-state index contributed by atoms with van der Waals surface area (Å²) in [6, 6.07) is 5.63. The maximum atomic E-state index is 13.9. The lowest BCUT2D eigenvalue weighted by Crippen LogP contribution is -2.33. The van der Waals surface area contributed by atoms with Crippen molar-refractivity contribution in [2.24, 2.45) is 10.2 Å². The van der Waals surface area contributed by atoms with E-state index in [2.05, 4.69) is 10.2 Å². The molecule has 2 rings (SSSR count). The summed E-state index contributed by atoms with van der Waals surface area (Å²) in [6.07, 6.45) is -0.319. The fraction of sp³-hybridized carbons (Fsp3) is 0.650. The van der Waals surface area contributed by atoms with E-state index in [9.17, 15) is 13.9 Å². The SMILES string of the molecule is CCOc1ccccc1C(=O)C1CC(P(=O)(OCC)OCC)(P(=O)(OCC)OCC)N=N1. The Morgan fingerprint density at radius 1 is 0.906 bits per heavy atom. The molecule has 180 valence electrons. The van der Waals surface area contributed by atoms with Gasteiger partial charge in [-0.05, 0) is 46.8 Å². The molecular formula is C20H32N2O8P2. The van der Waals surface area contributed by atoms with Crippen LogP contribution in [0.2, 0.25) is 0 Å². The van der Waals surface area contributed by atoms with Crippen molar-refractivity contribution in [1.82, 2.24) is 0 Å². The van der Waals surface area contributed by atoms with Gasteiger partial charge in [-0.3, -0.25) is 13.9 Å². The molecule has 1 unspecified atom stereocenters. The van der Waals surface area contributed by atoms with E-state index < -0.39 is 32.0 Å². The number of Topliss-reactive ketones (excluding diaryl/α,β-unsaturated/α-hetero) is 1. The van der Waals surface area contributed by atoms with Gasteiger partial charge in [-0.25, -0.2) is 0 Å². The Labute approximate surface area is 189 Å². The van der Waals surface area contributed by atoms with E-state index in [1.54, 1.807) is 52.0 Å². The molecule has 1 aromatic carbocycles. The third-order valence-electron chi connectivity index (χ3n) is 4.65. The highest BCUT2D eigenvalue weighted by molar-refractivity contribution is 7.74. The van der Waals surface area contributed by atoms with Crippen molar-refractivity contribution < 1.29 is 36.8 Å². The van der Waals surface area contributed by atoms with E-state index in [0.29, 0.717) is 17.9 Å². The van der Waals surface area contributed by atoms with Crippen molar-refractivity contribution in [3.8, 4) is 5.75 Å². The Bertz CT molecular complexity index is 857. The zero-order valence-corrected chi connectivity index (χ0v) is 21.0. The summed E-state index contributed by atoms with van der Waals surface area (Å²) in [7, 11) is -8.46. The first kappa shape index (κ1) is 26.8. The van der Waals surface area contributed by atoms with E-state index in [4.69, 9.17) is 22.8 Å². The van der Waals surface area contributed by atoms with E-state index in [1.165, 1.54) is 0 Å². The fourth-order valence-electron chi connectivity index (χ4n) is 3.43. The summed E-state index contributed by atoms with van der Waals surface area (Å²) >= 11 is 0. The van der Waals surface area contributed by atoms with Crippen molar-refractivity contribution in [3.05, 3.63) is 29.8 Å². The van der Waals surface area contributed by atoms with E-state index in [1.807, 2.05) is 6.92 Å². The highest BCUT2D eigenvalue weighted by Crippen LogP contribution is 2.81. The molecule has 1 heterocycles. The summed E-state index contributed by atoms with van der Waals surface area (Å²) in [5, 5.41) is 6.11. The minimum atomic E-state index is -4.23. The maximum Gasteiger partial charge on any atom is 0.372 e. The van der Waals surface area contributed by atoms with Crippen molar-refractivity contribution >= 4 is 21.0 Å². The van der Waals surface area contributed by atoms with Crippen LogP contribution in [-0.2, 0) is 27.2 Å². The van der Waals surface area contributed by atoms with Crippen molar-refractivity contribution in [1.29, 1.82) is 0 Å². The Balaban J connectivity index is 2.57. The largest absolute Gasteiger partial charge is 0.493 e. The lowest BCUT2D eigenvalue weighted by Gasteiger charge is -2.36. The van der Waals surface area contributed by atoms with Gasteiger partial charge in [0.15, 0.2) is 5.78 Å². The number of ether oxygens (including phenoxy) is 1. The first-order chi connectivity index (χ1) is 15.3. The first-order valence-electron chi connectivity index (χ1n) is 10.7. The Kier molecular flexibility index (Phi) is 9.76. The van der Waals surface area contributed by atoms with E-state index in [-0.39, 0.29) is 32.8 Å². The number of para-hydroxylation sites is 1. The number of hydrogen-bond donors (Lipinski definition) is 0.